The number of nitrogens with zero attached hydrogens (tertiary/aromatic N) is 5. The van der Waals surface area contributed by atoms with Crippen molar-refractivity contribution in [3.8, 4) is 0 Å². The number of aromatic nitrogens is 5. The fraction of sp³-hybridized carbons (Fsp3) is 0.429. The van der Waals surface area contributed by atoms with Crippen LogP contribution in [0.5, 0.6) is 0 Å². The van der Waals surface area contributed by atoms with E-state index in [2.05, 4.69) is 34.3 Å². The minimum absolute atomic E-state index is 0.143. The Balaban J connectivity index is 1.83. The third-order valence-corrected chi connectivity index (χ3v) is 4.19. The molecule has 1 amide bonds. The summed E-state index contributed by atoms with van der Waals surface area (Å²) in [6, 6.07) is 0.251. The maximum absolute atomic E-state index is 12.2. The van der Waals surface area contributed by atoms with Crippen LogP contribution in [0.1, 0.15) is 31.3 Å². The molecule has 0 fully saturated rings. The highest BCUT2D eigenvalue weighted by Gasteiger charge is 2.17. The van der Waals surface area contributed by atoms with Gasteiger partial charge in [0, 0.05) is 11.4 Å². The van der Waals surface area contributed by atoms with Gasteiger partial charge >= 0.3 is 0 Å². The Hall–Kier alpha value is -2.22. The number of fused-ring (bicyclic) bond motifs is 1. The lowest BCUT2D eigenvalue weighted by Crippen LogP contribution is -2.19. The standard InChI is InChI=1S/C14H18N6OS/c1-8(2)20-11-5-15-19(13(11)10(4)18-20)6-12(21)17-14-16-9(3)7-22-14/h5,7-8H,6H2,1-4H3,(H,16,17,21). The molecule has 0 aliphatic heterocycles. The third-order valence-electron chi connectivity index (χ3n) is 3.32. The Morgan fingerprint density at radius 1 is 1.41 bits per heavy atom. The van der Waals surface area contributed by atoms with Gasteiger partial charge in [-0.05, 0) is 27.7 Å². The molecule has 3 aromatic rings. The van der Waals surface area contributed by atoms with Crippen LogP contribution in [0.15, 0.2) is 11.6 Å². The normalized spacial score (nSPS) is 11.5. The molecule has 8 heteroatoms. The van der Waals surface area contributed by atoms with E-state index in [-0.39, 0.29) is 18.5 Å². The molecule has 1 N–H and O–H groups in total. The SMILES string of the molecule is Cc1csc(NC(=O)Cn2ncc3c2c(C)nn3C(C)C)n1. The average Bonchev–Trinajstić information content (AvgIpc) is 3.09. The van der Waals surface area contributed by atoms with Crippen molar-refractivity contribution in [3.63, 3.8) is 0 Å². The number of thiazole rings is 1. The van der Waals surface area contributed by atoms with E-state index in [0.717, 1.165) is 22.4 Å². The number of hydrogen-bond donors (Lipinski definition) is 1. The van der Waals surface area contributed by atoms with Crippen LogP contribution >= 0.6 is 11.3 Å². The first-order valence-corrected chi connectivity index (χ1v) is 7.96. The zero-order valence-corrected chi connectivity index (χ0v) is 13.8. The van der Waals surface area contributed by atoms with Crippen LogP contribution in [-0.2, 0) is 11.3 Å². The predicted molar refractivity (Wildman–Crippen MR) is 86.1 cm³/mol. The number of aryl methyl sites for hydroxylation is 2. The summed E-state index contributed by atoms with van der Waals surface area (Å²) in [5.74, 6) is -0.143. The Bertz CT molecular complexity index is 828. The molecule has 0 radical (unpaired) electrons. The van der Waals surface area contributed by atoms with Gasteiger partial charge in [0.1, 0.15) is 17.6 Å². The van der Waals surface area contributed by atoms with Crippen LogP contribution < -0.4 is 5.32 Å². The summed E-state index contributed by atoms with van der Waals surface area (Å²) in [4.78, 5) is 16.4. The van der Waals surface area contributed by atoms with Crippen molar-refractivity contribution in [3.05, 3.63) is 23.0 Å². The van der Waals surface area contributed by atoms with Crippen molar-refractivity contribution >= 4 is 33.4 Å². The van der Waals surface area contributed by atoms with Gasteiger partial charge in [0.25, 0.3) is 0 Å². The smallest absolute Gasteiger partial charge is 0.247 e. The average molecular weight is 318 g/mol. The molecule has 0 spiro atoms. The first-order valence-electron chi connectivity index (χ1n) is 7.08. The predicted octanol–water partition coefficient (Wildman–Crippen LogP) is 2.53. The molecule has 116 valence electrons. The van der Waals surface area contributed by atoms with E-state index in [1.807, 2.05) is 23.9 Å². The molecule has 0 aliphatic carbocycles. The van der Waals surface area contributed by atoms with Gasteiger partial charge in [-0.15, -0.1) is 11.3 Å². The first-order chi connectivity index (χ1) is 10.5. The van der Waals surface area contributed by atoms with Gasteiger partial charge in [0.15, 0.2) is 5.13 Å². The highest BCUT2D eigenvalue weighted by atomic mass is 32.1. The second-order valence-electron chi connectivity index (χ2n) is 5.50. The van der Waals surface area contributed by atoms with Gasteiger partial charge in [0.2, 0.25) is 5.91 Å². The summed E-state index contributed by atoms with van der Waals surface area (Å²) in [5.41, 5.74) is 3.62. The van der Waals surface area contributed by atoms with Gasteiger partial charge in [-0.25, -0.2) is 4.98 Å². The number of carbonyl (C=O) groups is 1. The lowest BCUT2D eigenvalue weighted by molar-refractivity contribution is -0.116. The van der Waals surface area contributed by atoms with E-state index in [4.69, 9.17) is 0 Å². The number of amides is 1. The summed E-state index contributed by atoms with van der Waals surface area (Å²) < 4.78 is 3.61. The molecule has 3 aromatic heterocycles. The van der Waals surface area contributed by atoms with Crippen molar-refractivity contribution in [2.45, 2.75) is 40.3 Å². The highest BCUT2D eigenvalue weighted by molar-refractivity contribution is 7.13. The Labute approximate surface area is 132 Å². The van der Waals surface area contributed by atoms with Crippen LogP contribution in [0.25, 0.3) is 11.0 Å². The fourth-order valence-electron chi connectivity index (χ4n) is 2.40. The quantitative estimate of drug-likeness (QED) is 0.802. The molecule has 0 unspecified atom stereocenters. The summed E-state index contributed by atoms with van der Waals surface area (Å²) >= 11 is 1.42. The molecule has 22 heavy (non-hydrogen) atoms. The minimum atomic E-state index is -0.143. The Morgan fingerprint density at radius 3 is 2.82 bits per heavy atom. The molecule has 0 saturated heterocycles. The third kappa shape index (κ3) is 2.61. The molecule has 0 saturated carbocycles. The van der Waals surface area contributed by atoms with E-state index in [0.29, 0.717) is 5.13 Å². The summed E-state index contributed by atoms with van der Waals surface area (Å²) in [6.45, 7) is 8.11. The van der Waals surface area contributed by atoms with Crippen LogP contribution in [0.3, 0.4) is 0 Å². The molecule has 0 bridgehead atoms. The van der Waals surface area contributed by atoms with Gasteiger partial charge in [0.05, 0.1) is 17.6 Å². The van der Waals surface area contributed by atoms with Gasteiger partial charge in [-0.2, -0.15) is 10.2 Å². The highest BCUT2D eigenvalue weighted by Crippen LogP contribution is 2.21. The number of nitrogens with one attached hydrogen (secondary N) is 1. The maximum Gasteiger partial charge on any atom is 0.247 e. The molecule has 0 atom stereocenters. The summed E-state index contributed by atoms with van der Waals surface area (Å²) in [7, 11) is 0. The number of carbonyl (C=O) groups excluding carboxylic acids is 1. The van der Waals surface area contributed by atoms with E-state index in [1.54, 1.807) is 10.9 Å². The molecular weight excluding hydrogens is 300 g/mol. The molecular formula is C14H18N6OS. The maximum atomic E-state index is 12.2. The summed E-state index contributed by atoms with van der Waals surface area (Å²) in [5, 5.41) is 14.2. The van der Waals surface area contributed by atoms with Crippen molar-refractivity contribution < 1.29 is 4.79 Å². The van der Waals surface area contributed by atoms with Crippen molar-refractivity contribution in [2.24, 2.45) is 0 Å². The molecule has 3 rings (SSSR count). The number of rotatable bonds is 4. The minimum Gasteiger partial charge on any atom is -0.300 e. The second kappa shape index (κ2) is 5.53. The summed E-state index contributed by atoms with van der Waals surface area (Å²) in [6.07, 6.45) is 1.76. The van der Waals surface area contributed by atoms with Crippen molar-refractivity contribution in [1.29, 1.82) is 0 Å². The Morgan fingerprint density at radius 2 is 2.18 bits per heavy atom. The van der Waals surface area contributed by atoms with Crippen LogP contribution in [-0.4, -0.2) is 30.5 Å². The van der Waals surface area contributed by atoms with Crippen LogP contribution in [0, 0.1) is 13.8 Å². The van der Waals surface area contributed by atoms with Crippen molar-refractivity contribution in [2.75, 3.05) is 5.32 Å². The molecule has 0 aromatic carbocycles. The van der Waals surface area contributed by atoms with Gasteiger partial charge in [-0.1, -0.05) is 0 Å². The van der Waals surface area contributed by atoms with E-state index in [1.165, 1.54) is 11.3 Å². The Kier molecular flexibility index (Phi) is 3.69. The number of hydrogen-bond acceptors (Lipinski definition) is 5. The lowest BCUT2D eigenvalue weighted by atomic mass is 10.3. The zero-order chi connectivity index (χ0) is 15.9. The van der Waals surface area contributed by atoms with Crippen LogP contribution in [0.4, 0.5) is 5.13 Å². The van der Waals surface area contributed by atoms with Gasteiger partial charge in [-0.3, -0.25) is 14.2 Å². The lowest BCUT2D eigenvalue weighted by Gasteiger charge is -2.04. The topological polar surface area (TPSA) is 77.6 Å². The van der Waals surface area contributed by atoms with Crippen LogP contribution in [0.2, 0.25) is 0 Å². The monoisotopic (exact) mass is 318 g/mol. The number of anilines is 1. The molecule has 7 nitrogen and oxygen atoms in total. The van der Waals surface area contributed by atoms with E-state index < -0.39 is 0 Å². The second-order valence-corrected chi connectivity index (χ2v) is 6.36. The van der Waals surface area contributed by atoms with E-state index >= 15 is 0 Å². The van der Waals surface area contributed by atoms with Crippen molar-refractivity contribution in [1.82, 2.24) is 24.5 Å². The fourth-order valence-corrected chi connectivity index (χ4v) is 3.10. The van der Waals surface area contributed by atoms with E-state index in [9.17, 15) is 4.79 Å². The largest absolute Gasteiger partial charge is 0.300 e. The molecule has 0 aliphatic rings. The molecule has 3 heterocycles. The van der Waals surface area contributed by atoms with Gasteiger partial charge < -0.3 is 5.32 Å². The first kappa shape index (κ1) is 14.7. The zero-order valence-electron chi connectivity index (χ0n) is 13.0.